The molecule has 2 saturated carbocycles. The molecule has 3 aromatic rings. The molecule has 8 heteroatoms. The third-order valence-electron chi connectivity index (χ3n) is 6.53. The second kappa shape index (κ2) is 7.06. The Morgan fingerprint density at radius 1 is 1.29 bits per heavy atom. The predicted octanol–water partition coefficient (Wildman–Crippen LogP) is 2.75. The lowest BCUT2D eigenvalue weighted by atomic mass is 10.0. The van der Waals surface area contributed by atoms with E-state index in [1.54, 1.807) is 16.8 Å². The van der Waals surface area contributed by atoms with Gasteiger partial charge in [0.2, 0.25) is 5.91 Å². The van der Waals surface area contributed by atoms with Crippen molar-refractivity contribution in [2.45, 2.75) is 37.8 Å². The Morgan fingerprint density at radius 2 is 2.19 bits per heavy atom. The van der Waals surface area contributed by atoms with Gasteiger partial charge in [0.25, 0.3) is 0 Å². The minimum absolute atomic E-state index is 0.0347. The van der Waals surface area contributed by atoms with Crippen LogP contribution in [0.3, 0.4) is 0 Å². The van der Waals surface area contributed by atoms with Crippen molar-refractivity contribution in [3.63, 3.8) is 0 Å². The van der Waals surface area contributed by atoms with Crippen LogP contribution < -0.4 is 15.4 Å². The Bertz CT molecular complexity index is 1220. The first kappa shape index (κ1) is 18.3. The number of ether oxygens (including phenoxy) is 1. The quantitative estimate of drug-likeness (QED) is 0.665. The normalized spacial score (nSPS) is 24.3. The lowest BCUT2D eigenvalue weighted by Crippen LogP contribution is -2.35. The van der Waals surface area contributed by atoms with E-state index < -0.39 is 0 Å². The first-order valence-corrected chi connectivity index (χ1v) is 10.8. The number of pyridine rings is 2. The number of aromatic nitrogens is 3. The van der Waals surface area contributed by atoms with Crippen LogP contribution in [0, 0.1) is 23.2 Å². The van der Waals surface area contributed by atoms with Crippen molar-refractivity contribution in [1.29, 1.82) is 5.26 Å². The standard InChI is InChI=1S/C23H22N6O2/c24-10-17-7-19(21(12-26-17)31-20-8-16-5-15(20)11-25-16)14-3-4-29-18(6-14)9-22(28-29)27-23(30)13-1-2-13/h3-4,6-7,9,12-13,15-16,20,25H,1-2,5,8,11H2,(H,27,28,30)/t15-,16-,20+/m1/s1. The number of nitrogens with zero attached hydrogens (tertiary/aromatic N) is 4. The molecule has 3 atom stereocenters. The van der Waals surface area contributed by atoms with E-state index in [0.717, 1.165) is 48.9 Å². The molecule has 4 heterocycles. The van der Waals surface area contributed by atoms with E-state index in [-0.39, 0.29) is 17.9 Å². The summed E-state index contributed by atoms with van der Waals surface area (Å²) in [5.41, 5.74) is 2.97. The average Bonchev–Trinajstić information content (AvgIpc) is 3.24. The van der Waals surface area contributed by atoms with Crippen molar-refractivity contribution >= 4 is 17.2 Å². The van der Waals surface area contributed by atoms with Gasteiger partial charge in [0.05, 0.1) is 11.7 Å². The van der Waals surface area contributed by atoms with Crippen LogP contribution in [-0.4, -0.2) is 39.2 Å². The summed E-state index contributed by atoms with van der Waals surface area (Å²) < 4.78 is 8.14. The molecule has 3 aliphatic rings. The number of piperidine rings is 1. The third kappa shape index (κ3) is 3.41. The van der Waals surface area contributed by atoms with Crippen LogP contribution >= 0.6 is 0 Å². The van der Waals surface area contributed by atoms with Crippen molar-refractivity contribution < 1.29 is 9.53 Å². The largest absolute Gasteiger partial charge is 0.488 e. The molecule has 3 fully saturated rings. The smallest absolute Gasteiger partial charge is 0.228 e. The maximum absolute atomic E-state index is 12.1. The number of carbonyl (C=O) groups is 1. The molecule has 2 aliphatic carbocycles. The summed E-state index contributed by atoms with van der Waals surface area (Å²) in [6, 6.07) is 10.2. The molecule has 2 bridgehead atoms. The molecule has 0 radical (unpaired) electrons. The highest BCUT2D eigenvalue weighted by atomic mass is 16.5. The van der Waals surface area contributed by atoms with Gasteiger partial charge in [0.15, 0.2) is 5.82 Å². The molecular weight excluding hydrogens is 392 g/mol. The molecule has 0 aromatic carbocycles. The molecular formula is C23H22N6O2. The number of rotatable bonds is 5. The van der Waals surface area contributed by atoms with Crippen LogP contribution in [0.1, 0.15) is 31.4 Å². The summed E-state index contributed by atoms with van der Waals surface area (Å²) >= 11 is 0. The first-order valence-electron chi connectivity index (χ1n) is 10.8. The van der Waals surface area contributed by atoms with Gasteiger partial charge in [0, 0.05) is 42.2 Å². The zero-order valence-electron chi connectivity index (χ0n) is 16.9. The van der Waals surface area contributed by atoms with Gasteiger partial charge in [-0.1, -0.05) is 0 Å². The molecule has 1 aliphatic heterocycles. The van der Waals surface area contributed by atoms with Gasteiger partial charge < -0.3 is 15.4 Å². The fraction of sp³-hybridized carbons (Fsp3) is 0.391. The van der Waals surface area contributed by atoms with E-state index in [2.05, 4.69) is 26.8 Å². The summed E-state index contributed by atoms with van der Waals surface area (Å²) in [6.07, 6.45) is 7.74. The number of nitrogens with one attached hydrogen (secondary N) is 2. The van der Waals surface area contributed by atoms with Crippen molar-refractivity contribution in [3.8, 4) is 22.9 Å². The third-order valence-corrected chi connectivity index (χ3v) is 6.53. The topological polar surface area (TPSA) is 104 Å². The highest BCUT2D eigenvalue weighted by molar-refractivity contribution is 5.93. The van der Waals surface area contributed by atoms with E-state index in [4.69, 9.17) is 4.74 Å². The van der Waals surface area contributed by atoms with E-state index in [1.807, 2.05) is 24.4 Å². The first-order chi connectivity index (χ1) is 15.2. The minimum Gasteiger partial charge on any atom is -0.488 e. The number of amides is 1. The zero-order chi connectivity index (χ0) is 20.9. The van der Waals surface area contributed by atoms with Crippen LogP contribution in [0.25, 0.3) is 16.6 Å². The summed E-state index contributed by atoms with van der Waals surface area (Å²) in [5.74, 6) is 1.92. The van der Waals surface area contributed by atoms with Crippen LogP contribution in [0.2, 0.25) is 0 Å². The molecule has 8 nitrogen and oxygen atoms in total. The van der Waals surface area contributed by atoms with Gasteiger partial charge in [-0.25, -0.2) is 9.50 Å². The van der Waals surface area contributed by atoms with Gasteiger partial charge in [0.1, 0.15) is 23.6 Å². The van der Waals surface area contributed by atoms with Crippen molar-refractivity contribution in [1.82, 2.24) is 19.9 Å². The van der Waals surface area contributed by atoms with Crippen LogP contribution in [0.15, 0.2) is 36.7 Å². The van der Waals surface area contributed by atoms with Gasteiger partial charge in [-0.3, -0.25) is 4.79 Å². The van der Waals surface area contributed by atoms with Crippen molar-refractivity contribution in [3.05, 3.63) is 42.4 Å². The number of anilines is 1. The molecule has 6 rings (SSSR count). The number of fused-ring (bicyclic) bond motifs is 3. The average molecular weight is 414 g/mol. The Balaban J connectivity index is 1.33. The van der Waals surface area contributed by atoms with E-state index in [1.165, 1.54) is 0 Å². The Kier molecular flexibility index (Phi) is 4.18. The molecule has 0 unspecified atom stereocenters. The maximum Gasteiger partial charge on any atom is 0.228 e. The second-order valence-corrected chi connectivity index (χ2v) is 8.75. The molecule has 31 heavy (non-hydrogen) atoms. The van der Waals surface area contributed by atoms with Crippen LogP contribution in [0.4, 0.5) is 5.82 Å². The van der Waals surface area contributed by atoms with Gasteiger partial charge in [-0.15, -0.1) is 0 Å². The summed E-state index contributed by atoms with van der Waals surface area (Å²) in [5, 5.41) is 20.2. The molecule has 3 aromatic heterocycles. The summed E-state index contributed by atoms with van der Waals surface area (Å²) in [7, 11) is 0. The minimum atomic E-state index is 0.0347. The summed E-state index contributed by atoms with van der Waals surface area (Å²) in [6.45, 7) is 0.992. The number of hydrogen-bond donors (Lipinski definition) is 2. The predicted molar refractivity (Wildman–Crippen MR) is 113 cm³/mol. The van der Waals surface area contributed by atoms with Crippen LogP contribution in [0.5, 0.6) is 5.75 Å². The summed E-state index contributed by atoms with van der Waals surface area (Å²) in [4.78, 5) is 16.3. The molecule has 2 N–H and O–H groups in total. The van der Waals surface area contributed by atoms with Gasteiger partial charge in [-0.05, 0) is 49.4 Å². The lowest BCUT2D eigenvalue weighted by Gasteiger charge is -2.24. The van der Waals surface area contributed by atoms with Crippen LogP contribution in [-0.2, 0) is 4.79 Å². The monoisotopic (exact) mass is 414 g/mol. The molecule has 1 saturated heterocycles. The molecule has 1 amide bonds. The molecule has 0 spiro atoms. The van der Waals surface area contributed by atoms with Gasteiger partial charge in [-0.2, -0.15) is 10.4 Å². The maximum atomic E-state index is 12.1. The second-order valence-electron chi connectivity index (χ2n) is 8.75. The molecule has 156 valence electrons. The number of carbonyl (C=O) groups excluding carboxylic acids is 1. The zero-order valence-corrected chi connectivity index (χ0v) is 16.9. The van der Waals surface area contributed by atoms with Crippen molar-refractivity contribution in [2.75, 3.05) is 11.9 Å². The number of nitriles is 1. The van der Waals surface area contributed by atoms with Crippen molar-refractivity contribution in [2.24, 2.45) is 11.8 Å². The van der Waals surface area contributed by atoms with Gasteiger partial charge >= 0.3 is 0 Å². The Labute approximate surface area is 179 Å². The van der Waals surface area contributed by atoms with E-state index >= 15 is 0 Å². The SMILES string of the molecule is N#Cc1cc(-c2ccn3nc(NC(=O)C4CC4)cc3c2)c(O[C@H]2C[C@H]3C[C@@H]2CN3)cn1. The Hall–Kier alpha value is -3.44. The lowest BCUT2D eigenvalue weighted by molar-refractivity contribution is -0.117. The fourth-order valence-electron chi connectivity index (χ4n) is 4.71. The van der Waals surface area contributed by atoms with E-state index in [9.17, 15) is 10.1 Å². The number of hydrogen-bond acceptors (Lipinski definition) is 6. The fourth-order valence-corrected chi connectivity index (χ4v) is 4.71. The highest BCUT2D eigenvalue weighted by Crippen LogP contribution is 2.38. The Morgan fingerprint density at radius 3 is 2.94 bits per heavy atom. The van der Waals surface area contributed by atoms with E-state index in [0.29, 0.717) is 29.2 Å². The highest BCUT2D eigenvalue weighted by Gasteiger charge is 2.41.